The Kier molecular flexibility index (Phi) is 6.20. The predicted octanol–water partition coefficient (Wildman–Crippen LogP) is 5.08. The molecule has 174 valence electrons. The molecule has 4 rings (SSSR count). The number of hydrogen-bond donors (Lipinski definition) is 1. The number of anilines is 1. The van der Waals surface area contributed by atoms with Gasteiger partial charge in [0.2, 0.25) is 5.91 Å². The van der Waals surface area contributed by atoms with Gasteiger partial charge in [0.05, 0.1) is 28.2 Å². The fourth-order valence-electron chi connectivity index (χ4n) is 3.82. The van der Waals surface area contributed by atoms with Crippen LogP contribution < -0.4 is 5.32 Å². The lowest BCUT2D eigenvalue weighted by Gasteiger charge is -2.34. The smallest absolute Gasteiger partial charge is 0.416 e. The van der Waals surface area contributed by atoms with Gasteiger partial charge in [-0.25, -0.2) is 4.68 Å². The van der Waals surface area contributed by atoms with E-state index in [4.69, 9.17) is 16.0 Å². The molecule has 2 aromatic heterocycles. The van der Waals surface area contributed by atoms with E-state index in [2.05, 4.69) is 10.4 Å². The van der Waals surface area contributed by atoms with E-state index in [-0.39, 0.29) is 22.3 Å². The van der Waals surface area contributed by atoms with E-state index >= 15 is 0 Å². The van der Waals surface area contributed by atoms with Crippen molar-refractivity contribution in [2.75, 3.05) is 11.9 Å². The van der Waals surface area contributed by atoms with E-state index in [1.54, 1.807) is 13.0 Å². The SMILES string of the molecule is Cc1cc(NC(=O)C2CCCCN2C(=O)c2ccco2)n(-c2cc(C(F)(F)F)ccc2Cl)n1. The van der Waals surface area contributed by atoms with Crippen molar-refractivity contribution < 1.29 is 27.2 Å². The molecule has 0 spiro atoms. The molecule has 1 fully saturated rings. The van der Waals surface area contributed by atoms with Crippen LogP contribution in [0.2, 0.25) is 5.02 Å². The van der Waals surface area contributed by atoms with E-state index in [9.17, 15) is 22.8 Å². The summed E-state index contributed by atoms with van der Waals surface area (Å²) in [6.07, 6.45) is -1.26. The number of carbonyl (C=O) groups excluding carboxylic acids is 2. The maximum atomic E-state index is 13.2. The van der Waals surface area contributed by atoms with Crippen molar-refractivity contribution in [1.82, 2.24) is 14.7 Å². The van der Waals surface area contributed by atoms with Gasteiger partial charge in [0, 0.05) is 12.6 Å². The highest BCUT2D eigenvalue weighted by atomic mass is 35.5. The Morgan fingerprint density at radius 3 is 2.70 bits per heavy atom. The second-order valence-corrected chi connectivity index (χ2v) is 8.13. The van der Waals surface area contributed by atoms with Gasteiger partial charge in [0.1, 0.15) is 11.9 Å². The molecule has 0 radical (unpaired) electrons. The van der Waals surface area contributed by atoms with Crippen LogP contribution in [-0.4, -0.2) is 39.1 Å². The van der Waals surface area contributed by atoms with E-state index < -0.39 is 29.6 Å². The number of benzene rings is 1. The predicted molar refractivity (Wildman–Crippen MR) is 114 cm³/mol. The molecule has 0 aliphatic carbocycles. The third-order valence-corrected chi connectivity index (χ3v) is 5.70. The zero-order chi connectivity index (χ0) is 23.8. The van der Waals surface area contributed by atoms with Crippen molar-refractivity contribution in [3.05, 3.63) is 64.7 Å². The van der Waals surface area contributed by atoms with Crippen molar-refractivity contribution in [2.45, 2.75) is 38.4 Å². The molecule has 1 N–H and O–H groups in total. The number of carbonyl (C=O) groups is 2. The molecule has 1 unspecified atom stereocenters. The molecule has 7 nitrogen and oxygen atoms in total. The summed E-state index contributed by atoms with van der Waals surface area (Å²) in [5.41, 5.74) is -0.456. The van der Waals surface area contributed by atoms with Crippen molar-refractivity contribution in [2.24, 2.45) is 0 Å². The van der Waals surface area contributed by atoms with Crippen LogP contribution in [0.5, 0.6) is 0 Å². The number of piperidine rings is 1. The Balaban J connectivity index is 1.63. The van der Waals surface area contributed by atoms with Gasteiger partial charge < -0.3 is 14.6 Å². The van der Waals surface area contributed by atoms with E-state index in [0.29, 0.717) is 18.7 Å². The summed E-state index contributed by atoms with van der Waals surface area (Å²) < 4.78 is 46.0. The molecular formula is C22H20ClF3N4O3. The number of alkyl halides is 3. The second kappa shape index (κ2) is 8.93. The number of amides is 2. The minimum absolute atomic E-state index is 0.0259. The average molecular weight is 481 g/mol. The first kappa shape index (κ1) is 22.9. The number of aromatic nitrogens is 2. The van der Waals surface area contributed by atoms with Gasteiger partial charge in [-0.1, -0.05) is 11.6 Å². The van der Waals surface area contributed by atoms with Crippen LogP contribution in [0.4, 0.5) is 19.0 Å². The van der Waals surface area contributed by atoms with Crippen LogP contribution in [0.1, 0.15) is 41.1 Å². The number of hydrogen-bond acceptors (Lipinski definition) is 4. The van der Waals surface area contributed by atoms with E-state index in [0.717, 1.165) is 35.7 Å². The van der Waals surface area contributed by atoms with Crippen LogP contribution in [0, 0.1) is 6.92 Å². The molecule has 3 heterocycles. The molecule has 2 amide bonds. The third-order valence-electron chi connectivity index (χ3n) is 5.38. The van der Waals surface area contributed by atoms with Crippen molar-refractivity contribution in [1.29, 1.82) is 0 Å². The molecular weight excluding hydrogens is 461 g/mol. The number of nitrogens with one attached hydrogen (secondary N) is 1. The van der Waals surface area contributed by atoms with Crippen LogP contribution in [0.25, 0.3) is 5.69 Å². The van der Waals surface area contributed by atoms with Crippen LogP contribution in [0.3, 0.4) is 0 Å². The topological polar surface area (TPSA) is 80.4 Å². The first-order valence-corrected chi connectivity index (χ1v) is 10.6. The molecule has 1 saturated heterocycles. The Labute approximate surface area is 192 Å². The molecule has 11 heteroatoms. The fourth-order valence-corrected chi connectivity index (χ4v) is 4.02. The molecule has 0 bridgehead atoms. The summed E-state index contributed by atoms with van der Waals surface area (Å²) in [5, 5.41) is 6.96. The molecule has 1 aromatic carbocycles. The summed E-state index contributed by atoms with van der Waals surface area (Å²) in [5.74, 6) is -0.592. The van der Waals surface area contributed by atoms with Gasteiger partial charge in [-0.05, 0) is 56.5 Å². The molecule has 1 aliphatic heterocycles. The highest BCUT2D eigenvalue weighted by molar-refractivity contribution is 6.32. The summed E-state index contributed by atoms with van der Waals surface area (Å²) in [4.78, 5) is 27.4. The Morgan fingerprint density at radius 1 is 1.21 bits per heavy atom. The molecule has 33 heavy (non-hydrogen) atoms. The second-order valence-electron chi connectivity index (χ2n) is 7.72. The lowest BCUT2D eigenvalue weighted by atomic mass is 10.0. The lowest BCUT2D eigenvalue weighted by molar-refractivity contribution is -0.137. The number of nitrogens with zero attached hydrogens (tertiary/aromatic N) is 3. The van der Waals surface area contributed by atoms with Crippen LogP contribution >= 0.6 is 11.6 Å². The monoisotopic (exact) mass is 480 g/mol. The van der Waals surface area contributed by atoms with Gasteiger partial charge in [-0.15, -0.1) is 0 Å². The van der Waals surface area contributed by atoms with E-state index in [1.807, 2.05) is 0 Å². The van der Waals surface area contributed by atoms with Crippen molar-refractivity contribution >= 4 is 29.2 Å². The number of likely N-dealkylation sites (tertiary alicyclic amines) is 1. The highest BCUT2D eigenvalue weighted by Crippen LogP contribution is 2.34. The lowest BCUT2D eigenvalue weighted by Crippen LogP contribution is -2.50. The largest absolute Gasteiger partial charge is 0.459 e. The summed E-state index contributed by atoms with van der Waals surface area (Å²) in [7, 11) is 0. The quantitative estimate of drug-likeness (QED) is 0.564. The third kappa shape index (κ3) is 4.75. The molecule has 1 aliphatic rings. The van der Waals surface area contributed by atoms with Crippen LogP contribution in [-0.2, 0) is 11.0 Å². The maximum Gasteiger partial charge on any atom is 0.416 e. The molecule has 0 saturated carbocycles. The number of aryl methyl sites for hydroxylation is 1. The van der Waals surface area contributed by atoms with Gasteiger partial charge in [0.15, 0.2) is 5.76 Å². The average Bonchev–Trinajstić information content (AvgIpc) is 3.43. The van der Waals surface area contributed by atoms with Crippen molar-refractivity contribution in [3.63, 3.8) is 0 Å². The van der Waals surface area contributed by atoms with Gasteiger partial charge in [0.25, 0.3) is 5.91 Å². The summed E-state index contributed by atoms with van der Waals surface area (Å²) in [6, 6.07) is 6.76. The number of halogens is 4. The zero-order valence-electron chi connectivity index (χ0n) is 17.5. The van der Waals surface area contributed by atoms with E-state index in [1.165, 1.54) is 23.3 Å². The van der Waals surface area contributed by atoms with Crippen LogP contribution in [0.15, 0.2) is 47.1 Å². The highest BCUT2D eigenvalue weighted by Gasteiger charge is 2.35. The van der Waals surface area contributed by atoms with Gasteiger partial charge in [-0.3, -0.25) is 9.59 Å². The maximum absolute atomic E-state index is 13.2. The normalized spacial score (nSPS) is 16.6. The summed E-state index contributed by atoms with van der Waals surface area (Å²) in [6.45, 7) is 2.02. The van der Waals surface area contributed by atoms with Crippen molar-refractivity contribution in [3.8, 4) is 5.69 Å². The first-order chi connectivity index (χ1) is 15.6. The van der Waals surface area contributed by atoms with Gasteiger partial charge in [-0.2, -0.15) is 18.3 Å². The Morgan fingerprint density at radius 2 is 2.00 bits per heavy atom. The summed E-state index contributed by atoms with van der Waals surface area (Å²) >= 11 is 6.16. The Hall–Kier alpha value is -3.27. The minimum atomic E-state index is -4.57. The first-order valence-electron chi connectivity index (χ1n) is 10.2. The molecule has 3 aromatic rings. The zero-order valence-corrected chi connectivity index (χ0v) is 18.3. The minimum Gasteiger partial charge on any atom is -0.459 e. The molecule has 1 atom stereocenters. The number of rotatable bonds is 4. The fraction of sp³-hybridized carbons (Fsp3) is 0.318. The number of furan rings is 1. The Bertz CT molecular complexity index is 1170. The standard InChI is InChI=1S/C22H20ClF3N4O3/c1-13-11-19(30(28-13)17-12-14(22(24,25)26)7-8-15(17)23)27-20(31)16-5-2-3-9-29(16)21(32)18-6-4-10-33-18/h4,6-8,10-12,16H,2-3,5,9H2,1H3,(H,27,31). The van der Waals surface area contributed by atoms with Gasteiger partial charge >= 0.3 is 6.18 Å².